The van der Waals surface area contributed by atoms with E-state index in [0.29, 0.717) is 12.0 Å². The van der Waals surface area contributed by atoms with Crippen LogP contribution < -0.4 is 11.3 Å². The van der Waals surface area contributed by atoms with Crippen LogP contribution in [0.5, 0.6) is 0 Å². The summed E-state index contributed by atoms with van der Waals surface area (Å²) in [6.07, 6.45) is 0.416. The summed E-state index contributed by atoms with van der Waals surface area (Å²) in [4.78, 5) is 0. The summed E-state index contributed by atoms with van der Waals surface area (Å²) >= 11 is 5.94. The van der Waals surface area contributed by atoms with Crippen molar-refractivity contribution in [2.45, 2.75) is 19.4 Å². The lowest BCUT2D eigenvalue weighted by Gasteiger charge is -2.19. The highest BCUT2D eigenvalue weighted by Gasteiger charge is 2.16. The molecule has 0 aliphatic carbocycles. The van der Waals surface area contributed by atoms with Crippen LogP contribution in [0, 0.1) is 18.6 Å². The van der Waals surface area contributed by atoms with E-state index in [1.54, 1.807) is 25.1 Å². The van der Waals surface area contributed by atoms with Gasteiger partial charge in [-0.15, -0.1) is 0 Å². The molecular formula is C15H15ClF2N2. The minimum atomic E-state index is -0.462. The average molecular weight is 297 g/mol. The lowest BCUT2D eigenvalue weighted by Crippen LogP contribution is -2.30. The summed E-state index contributed by atoms with van der Waals surface area (Å²) in [6.45, 7) is 1.80. The summed E-state index contributed by atoms with van der Waals surface area (Å²) < 4.78 is 26.6. The fourth-order valence-electron chi connectivity index (χ4n) is 2.21. The molecule has 1 atom stereocenters. The Morgan fingerprint density at radius 2 is 2.00 bits per heavy atom. The predicted octanol–water partition coefficient (Wildman–Crippen LogP) is 3.67. The van der Waals surface area contributed by atoms with Gasteiger partial charge in [0.05, 0.1) is 11.1 Å². The van der Waals surface area contributed by atoms with E-state index in [2.05, 4.69) is 5.43 Å². The van der Waals surface area contributed by atoms with Crippen LogP contribution in [-0.4, -0.2) is 0 Å². The molecule has 0 saturated heterocycles. The Morgan fingerprint density at radius 1 is 1.25 bits per heavy atom. The highest BCUT2D eigenvalue weighted by Crippen LogP contribution is 2.27. The molecule has 0 heterocycles. The molecule has 0 amide bonds. The van der Waals surface area contributed by atoms with Gasteiger partial charge in [0, 0.05) is 0 Å². The first-order chi connectivity index (χ1) is 9.52. The van der Waals surface area contributed by atoms with Gasteiger partial charge in [0.25, 0.3) is 0 Å². The summed E-state index contributed by atoms with van der Waals surface area (Å²) in [7, 11) is 0. The Hall–Kier alpha value is -1.49. The van der Waals surface area contributed by atoms with Crippen LogP contribution in [-0.2, 0) is 6.42 Å². The van der Waals surface area contributed by atoms with E-state index in [1.165, 1.54) is 18.2 Å². The third-order valence-electron chi connectivity index (χ3n) is 3.26. The van der Waals surface area contributed by atoms with E-state index in [0.717, 1.165) is 11.1 Å². The third kappa shape index (κ3) is 3.15. The number of benzene rings is 2. The van der Waals surface area contributed by atoms with Gasteiger partial charge in [-0.2, -0.15) is 0 Å². The number of hydrazine groups is 1. The molecule has 0 spiro atoms. The van der Waals surface area contributed by atoms with E-state index < -0.39 is 5.82 Å². The van der Waals surface area contributed by atoms with E-state index in [1.807, 2.05) is 0 Å². The van der Waals surface area contributed by atoms with Crippen LogP contribution in [0.15, 0.2) is 36.4 Å². The van der Waals surface area contributed by atoms with Crippen molar-refractivity contribution in [2.24, 2.45) is 5.84 Å². The third-order valence-corrected chi connectivity index (χ3v) is 3.69. The molecule has 0 fully saturated rings. The fraction of sp³-hybridized carbons (Fsp3) is 0.200. The monoisotopic (exact) mass is 296 g/mol. The topological polar surface area (TPSA) is 38.0 Å². The molecule has 2 aromatic rings. The first-order valence-corrected chi connectivity index (χ1v) is 6.55. The molecule has 20 heavy (non-hydrogen) atoms. The van der Waals surface area contributed by atoms with Crippen molar-refractivity contribution in [3.05, 3.63) is 69.7 Å². The second-order valence-corrected chi connectivity index (χ2v) is 5.02. The van der Waals surface area contributed by atoms with Gasteiger partial charge in [0.15, 0.2) is 0 Å². The van der Waals surface area contributed by atoms with Gasteiger partial charge >= 0.3 is 0 Å². The number of nitrogens with two attached hydrogens (primary N) is 1. The maximum atomic E-state index is 13.4. The first-order valence-electron chi connectivity index (χ1n) is 6.18. The number of rotatable bonds is 4. The molecule has 5 heteroatoms. The van der Waals surface area contributed by atoms with Crippen LogP contribution in [0.3, 0.4) is 0 Å². The molecule has 3 N–H and O–H groups in total. The van der Waals surface area contributed by atoms with Gasteiger partial charge in [0.2, 0.25) is 0 Å². The summed E-state index contributed by atoms with van der Waals surface area (Å²) in [5.41, 5.74) is 4.96. The Balaban J connectivity index is 2.31. The van der Waals surface area contributed by atoms with Crippen LogP contribution in [0.2, 0.25) is 5.02 Å². The minimum Gasteiger partial charge on any atom is -0.271 e. The highest BCUT2D eigenvalue weighted by atomic mass is 35.5. The first kappa shape index (κ1) is 14.9. The van der Waals surface area contributed by atoms with Crippen LogP contribution in [0.4, 0.5) is 8.78 Å². The van der Waals surface area contributed by atoms with Crippen LogP contribution >= 0.6 is 11.6 Å². The second kappa shape index (κ2) is 6.31. The molecule has 0 aromatic heterocycles. The predicted molar refractivity (Wildman–Crippen MR) is 76.3 cm³/mol. The molecule has 106 valence electrons. The number of hydrogen-bond acceptors (Lipinski definition) is 2. The molecule has 0 radical (unpaired) electrons. The Bertz CT molecular complexity index is 617. The van der Waals surface area contributed by atoms with Crippen molar-refractivity contribution in [2.75, 3.05) is 0 Å². The van der Waals surface area contributed by atoms with Crippen molar-refractivity contribution >= 4 is 11.6 Å². The standard InChI is InChI=1S/C15H15ClF2N2/c1-9-7-11(17)5-6-12(9)14(20-19)8-10-3-2-4-13(18)15(10)16/h2-7,14,20H,8,19H2,1H3. The van der Waals surface area contributed by atoms with Crippen LogP contribution in [0.25, 0.3) is 0 Å². The zero-order chi connectivity index (χ0) is 14.7. The summed E-state index contributed by atoms with van der Waals surface area (Å²) in [5.74, 6) is 4.80. The second-order valence-electron chi connectivity index (χ2n) is 4.64. The van der Waals surface area contributed by atoms with Gasteiger partial charge < -0.3 is 0 Å². The maximum Gasteiger partial charge on any atom is 0.142 e. The fourth-order valence-corrected chi connectivity index (χ4v) is 2.42. The van der Waals surface area contributed by atoms with Gasteiger partial charge in [-0.3, -0.25) is 11.3 Å². The highest BCUT2D eigenvalue weighted by molar-refractivity contribution is 6.31. The molecule has 2 aromatic carbocycles. The molecule has 2 rings (SSSR count). The zero-order valence-electron chi connectivity index (χ0n) is 11.0. The molecule has 1 unspecified atom stereocenters. The van der Waals surface area contributed by atoms with Crippen molar-refractivity contribution in [3.63, 3.8) is 0 Å². The molecule has 0 aliphatic heterocycles. The SMILES string of the molecule is Cc1cc(F)ccc1C(Cc1cccc(F)c1Cl)NN. The molecule has 0 saturated carbocycles. The summed E-state index contributed by atoms with van der Waals surface area (Å²) in [6, 6.07) is 8.86. The lowest BCUT2D eigenvalue weighted by atomic mass is 9.95. The zero-order valence-corrected chi connectivity index (χ0v) is 11.7. The van der Waals surface area contributed by atoms with Crippen LogP contribution in [0.1, 0.15) is 22.7 Å². The van der Waals surface area contributed by atoms with Crippen molar-refractivity contribution < 1.29 is 8.78 Å². The number of halogens is 3. The lowest BCUT2D eigenvalue weighted by molar-refractivity contribution is 0.543. The van der Waals surface area contributed by atoms with Gasteiger partial charge in [-0.05, 0) is 48.2 Å². The average Bonchev–Trinajstić information content (AvgIpc) is 2.41. The number of nitrogens with one attached hydrogen (secondary N) is 1. The molecule has 0 bridgehead atoms. The van der Waals surface area contributed by atoms with Crippen molar-refractivity contribution in [3.8, 4) is 0 Å². The van der Waals surface area contributed by atoms with Gasteiger partial charge in [0.1, 0.15) is 11.6 Å². The van der Waals surface area contributed by atoms with E-state index in [9.17, 15) is 8.78 Å². The molecule has 0 aliphatic rings. The number of hydrogen-bond donors (Lipinski definition) is 2. The van der Waals surface area contributed by atoms with Crippen molar-refractivity contribution in [1.29, 1.82) is 0 Å². The summed E-state index contributed by atoms with van der Waals surface area (Å²) in [5, 5.41) is 0.0903. The minimum absolute atomic E-state index is 0.0903. The van der Waals surface area contributed by atoms with E-state index >= 15 is 0 Å². The van der Waals surface area contributed by atoms with E-state index in [-0.39, 0.29) is 16.9 Å². The van der Waals surface area contributed by atoms with Gasteiger partial charge in [-0.25, -0.2) is 8.78 Å². The molecule has 2 nitrogen and oxygen atoms in total. The smallest absolute Gasteiger partial charge is 0.142 e. The van der Waals surface area contributed by atoms with Crippen molar-refractivity contribution in [1.82, 2.24) is 5.43 Å². The normalized spacial score (nSPS) is 12.4. The quantitative estimate of drug-likeness (QED) is 0.667. The maximum absolute atomic E-state index is 13.4. The number of aryl methyl sites for hydroxylation is 1. The van der Waals surface area contributed by atoms with Gasteiger partial charge in [-0.1, -0.05) is 29.8 Å². The molecular weight excluding hydrogens is 282 g/mol. The Kier molecular flexibility index (Phi) is 4.70. The van der Waals surface area contributed by atoms with E-state index in [4.69, 9.17) is 17.4 Å². The Labute approximate surface area is 121 Å². The Morgan fingerprint density at radius 3 is 2.65 bits per heavy atom. The largest absolute Gasteiger partial charge is 0.271 e.